The first-order chi connectivity index (χ1) is 9.44. The molecule has 106 valence electrons. The molecule has 0 aliphatic carbocycles. The van der Waals surface area contributed by atoms with Gasteiger partial charge in [-0.1, -0.05) is 0 Å². The highest BCUT2D eigenvalue weighted by Gasteiger charge is 2.18. The topological polar surface area (TPSA) is 94.3 Å². The zero-order valence-electron chi connectivity index (χ0n) is 11.1. The third-order valence-electron chi connectivity index (χ3n) is 2.79. The molecule has 0 aliphatic rings. The van der Waals surface area contributed by atoms with E-state index < -0.39 is 10.0 Å². The number of methoxy groups -OCH3 is 1. The molecule has 0 bridgehead atoms. The summed E-state index contributed by atoms with van der Waals surface area (Å²) in [7, 11) is -2.28. The number of ether oxygens (including phenoxy) is 1. The number of nitrogens with zero attached hydrogens (tertiary/aromatic N) is 1. The molecule has 2 rings (SSSR count). The summed E-state index contributed by atoms with van der Waals surface area (Å²) in [5.74, 6) is 0.499. The van der Waals surface area contributed by atoms with Crippen LogP contribution in [0, 0.1) is 6.92 Å². The highest BCUT2D eigenvalue weighted by Crippen LogP contribution is 2.26. The molecule has 7 heteroatoms. The monoisotopic (exact) mass is 293 g/mol. The molecular weight excluding hydrogens is 278 g/mol. The van der Waals surface area contributed by atoms with Crippen molar-refractivity contribution in [3.05, 3.63) is 42.2 Å². The molecule has 0 amide bonds. The highest BCUT2D eigenvalue weighted by molar-refractivity contribution is 7.92. The lowest BCUT2D eigenvalue weighted by Crippen LogP contribution is -2.15. The van der Waals surface area contributed by atoms with Crippen LogP contribution < -0.4 is 15.2 Å². The van der Waals surface area contributed by atoms with Gasteiger partial charge in [0.25, 0.3) is 10.0 Å². The van der Waals surface area contributed by atoms with Gasteiger partial charge >= 0.3 is 0 Å². The van der Waals surface area contributed by atoms with Gasteiger partial charge in [0.15, 0.2) is 0 Å². The van der Waals surface area contributed by atoms with Gasteiger partial charge < -0.3 is 10.5 Å². The van der Waals surface area contributed by atoms with Crippen molar-refractivity contribution in [2.24, 2.45) is 0 Å². The molecule has 6 nitrogen and oxygen atoms in total. The molecule has 3 N–H and O–H groups in total. The first kappa shape index (κ1) is 14.1. The fraction of sp³-hybridized carbons (Fsp3) is 0.154. The van der Waals surface area contributed by atoms with E-state index in [0.717, 1.165) is 5.56 Å². The third-order valence-corrected chi connectivity index (χ3v) is 4.23. The average Bonchev–Trinajstić information content (AvgIpc) is 2.40. The number of aromatic nitrogens is 1. The average molecular weight is 293 g/mol. The summed E-state index contributed by atoms with van der Waals surface area (Å²) in [5, 5.41) is 0. The molecular formula is C13H15N3O3S. The maximum atomic E-state index is 12.3. The standard InChI is InChI=1S/C13H15N3O3S/c1-9-5-6-15-8-12(9)16-20(17,18)13-4-3-10(19-2)7-11(13)14/h3-8,16H,14H2,1-2H3. The number of hydrogen-bond donors (Lipinski definition) is 2. The van der Waals surface area contributed by atoms with Gasteiger partial charge in [-0.2, -0.15) is 0 Å². The van der Waals surface area contributed by atoms with Crippen LogP contribution in [0.5, 0.6) is 5.75 Å². The minimum Gasteiger partial charge on any atom is -0.497 e. The number of anilines is 2. The Balaban J connectivity index is 2.39. The van der Waals surface area contributed by atoms with E-state index in [1.165, 1.54) is 25.4 Å². The van der Waals surface area contributed by atoms with Crippen LogP contribution in [0.25, 0.3) is 0 Å². The molecule has 0 saturated heterocycles. The van der Waals surface area contributed by atoms with Gasteiger partial charge in [0.05, 0.1) is 24.7 Å². The fourth-order valence-corrected chi connectivity index (χ4v) is 2.90. The van der Waals surface area contributed by atoms with E-state index in [9.17, 15) is 8.42 Å². The van der Waals surface area contributed by atoms with Crippen molar-refractivity contribution in [2.45, 2.75) is 11.8 Å². The second kappa shape index (κ2) is 5.38. The maximum absolute atomic E-state index is 12.3. The Morgan fingerprint density at radius 3 is 2.65 bits per heavy atom. The zero-order valence-corrected chi connectivity index (χ0v) is 11.9. The first-order valence-electron chi connectivity index (χ1n) is 5.81. The van der Waals surface area contributed by atoms with Crippen molar-refractivity contribution in [2.75, 3.05) is 17.6 Å². The zero-order chi connectivity index (χ0) is 14.8. The highest BCUT2D eigenvalue weighted by atomic mass is 32.2. The molecule has 0 radical (unpaired) electrons. The molecule has 0 spiro atoms. The van der Waals surface area contributed by atoms with Crippen LogP contribution in [-0.4, -0.2) is 20.5 Å². The minimum absolute atomic E-state index is 0.00144. The van der Waals surface area contributed by atoms with E-state index in [1.54, 1.807) is 25.3 Å². The predicted molar refractivity (Wildman–Crippen MR) is 77.2 cm³/mol. The number of pyridine rings is 1. The summed E-state index contributed by atoms with van der Waals surface area (Å²) in [6.07, 6.45) is 3.04. The minimum atomic E-state index is -3.76. The van der Waals surface area contributed by atoms with Gasteiger partial charge in [0.2, 0.25) is 0 Å². The van der Waals surface area contributed by atoms with E-state index in [4.69, 9.17) is 10.5 Å². The van der Waals surface area contributed by atoms with Crippen LogP contribution in [0.1, 0.15) is 5.56 Å². The number of hydrogen-bond acceptors (Lipinski definition) is 5. The van der Waals surface area contributed by atoms with Crippen LogP contribution in [0.3, 0.4) is 0 Å². The van der Waals surface area contributed by atoms with E-state index in [2.05, 4.69) is 9.71 Å². The number of nitrogens with two attached hydrogens (primary N) is 1. The summed E-state index contributed by atoms with van der Waals surface area (Å²) in [6, 6.07) is 6.13. The number of aryl methyl sites for hydroxylation is 1. The van der Waals surface area contributed by atoms with Gasteiger partial charge in [0, 0.05) is 12.3 Å². The normalized spacial score (nSPS) is 11.1. The van der Waals surface area contributed by atoms with Crippen LogP contribution in [0.4, 0.5) is 11.4 Å². The maximum Gasteiger partial charge on any atom is 0.264 e. The van der Waals surface area contributed by atoms with Gasteiger partial charge in [-0.05, 0) is 30.7 Å². The second-order valence-electron chi connectivity index (χ2n) is 4.20. The lowest BCUT2D eigenvalue weighted by atomic mass is 10.3. The van der Waals surface area contributed by atoms with Crippen LogP contribution in [0.15, 0.2) is 41.6 Å². The molecule has 1 heterocycles. The van der Waals surface area contributed by atoms with E-state index in [0.29, 0.717) is 11.4 Å². The third kappa shape index (κ3) is 2.83. The molecule has 0 fully saturated rings. The molecule has 1 aromatic heterocycles. The number of nitrogens with one attached hydrogen (secondary N) is 1. The molecule has 20 heavy (non-hydrogen) atoms. The van der Waals surface area contributed by atoms with Crippen LogP contribution in [0.2, 0.25) is 0 Å². The van der Waals surface area contributed by atoms with E-state index >= 15 is 0 Å². The predicted octanol–water partition coefficient (Wildman–Crippen LogP) is 1.78. The van der Waals surface area contributed by atoms with E-state index in [-0.39, 0.29) is 10.6 Å². The van der Waals surface area contributed by atoms with Gasteiger partial charge in [0.1, 0.15) is 10.6 Å². The Bertz CT molecular complexity index is 729. The van der Waals surface area contributed by atoms with Crippen LogP contribution in [-0.2, 0) is 10.0 Å². The van der Waals surface area contributed by atoms with E-state index in [1.807, 2.05) is 0 Å². The van der Waals surface area contributed by atoms with Crippen molar-refractivity contribution in [3.8, 4) is 5.75 Å². The van der Waals surface area contributed by atoms with Gasteiger partial charge in [-0.25, -0.2) is 8.42 Å². The van der Waals surface area contributed by atoms with Crippen molar-refractivity contribution >= 4 is 21.4 Å². The van der Waals surface area contributed by atoms with Gasteiger partial charge in [-0.15, -0.1) is 0 Å². The molecule has 0 atom stereocenters. The molecule has 0 unspecified atom stereocenters. The SMILES string of the molecule is COc1ccc(S(=O)(=O)Nc2cnccc2C)c(N)c1. The molecule has 0 saturated carbocycles. The van der Waals surface area contributed by atoms with Crippen molar-refractivity contribution in [1.29, 1.82) is 0 Å². The smallest absolute Gasteiger partial charge is 0.264 e. The van der Waals surface area contributed by atoms with Crippen molar-refractivity contribution in [1.82, 2.24) is 4.98 Å². The summed E-state index contributed by atoms with van der Waals surface area (Å²) in [4.78, 5) is 3.90. The fourth-order valence-electron chi connectivity index (χ4n) is 1.67. The largest absolute Gasteiger partial charge is 0.497 e. The number of sulfonamides is 1. The Morgan fingerprint density at radius 2 is 2.05 bits per heavy atom. The summed E-state index contributed by atoms with van der Waals surface area (Å²) >= 11 is 0. The Labute approximate surface area is 117 Å². The molecule has 0 aliphatic heterocycles. The second-order valence-corrected chi connectivity index (χ2v) is 5.85. The summed E-state index contributed by atoms with van der Waals surface area (Å²) < 4.78 is 32.1. The first-order valence-corrected chi connectivity index (χ1v) is 7.29. The lowest BCUT2D eigenvalue weighted by molar-refractivity contribution is 0.414. The van der Waals surface area contributed by atoms with Crippen molar-refractivity contribution in [3.63, 3.8) is 0 Å². The van der Waals surface area contributed by atoms with Crippen molar-refractivity contribution < 1.29 is 13.2 Å². The Kier molecular flexibility index (Phi) is 3.80. The Hall–Kier alpha value is -2.28. The van der Waals surface area contributed by atoms with Gasteiger partial charge in [-0.3, -0.25) is 9.71 Å². The van der Waals surface area contributed by atoms with Crippen LogP contribution >= 0.6 is 0 Å². The number of rotatable bonds is 4. The number of nitrogen functional groups attached to an aromatic ring is 1. The summed E-state index contributed by atoms with van der Waals surface area (Å²) in [6.45, 7) is 1.79. The Morgan fingerprint density at radius 1 is 1.30 bits per heavy atom. The summed E-state index contributed by atoms with van der Waals surface area (Å²) in [5.41, 5.74) is 7.08. The lowest BCUT2D eigenvalue weighted by Gasteiger charge is -2.12. The quantitative estimate of drug-likeness (QED) is 0.838. The number of benzene rings is 1. The molecule has 1 aromatic carbocycles. The molecule has 2 aromatic rings.